The SMILES string of the molecule is CCNC(c1ccc(Br)o1)c1cccc2ccsc12. The van der Waals surface area contributed by atoms with Gasteiger partial charge in [0.2, 0.25) is 0 Å². The van der Waals surface area contributed by atoms with Crippen molar-refractivity contribution < 1.29 is 4.42 Å². The van der Waals surface area contributed by atoms with Crippen molar-refractivity contribution in [3.8, 4) is 0 Å². The van der Waals surface area contributed by atoms with E-state index in [4.69, 9.17) is 4.42 Å². The minimum absolute atomic E-state index is 0.0960. The molecule has 0 bridgehead atoms. The second-order valence-corrected chi connectivity index (χ2v) is 6.02. The molecule has 0 aliphatic carbocycles. The second kappa shape index (κ2) is 5.49. The zero-order valence-corrected chi connectivity index (χ0v) is 12.9. The number of furan rings is 1. The van der Waals surface area contributed by atoms with Crippen LogP contribution in [0.1, 0.15) is 24.3 Å². The van der Waals surface area contributed by atoms with E-state index < -0.39 is 0 Å². The van der Waals surface area contributed by atoms with Gasteiger partial charge in [-0.3, -0.25) is 0 Å². The summed E-state index contributed by atoms with van der Waals surface area (Å²) < 4.78 is 7.82. The highest BCUT2D eigenvalue weighted by molar-refractivity contribution is 9.10. The first kappa shape index (κ1) is 12.9. The number of benzene rings is 1. The maximum Gasteiger partial charge on any atom is 0.169 e. The van der Waals surface area contributed by atoms with Crippen LogP contribution in [-0.4, -0.2) is 6.54 Å². The summed E-state index contributed by atoms with van der Waals surface area (Å²) in [5.74, 6) is 0.939. The molecule has 0 aliphatic rings. The second-order valence-electron chi connectivity index (χ2n) is 4.32. The third-order valence-corrected chi connectivity index (χ3v) is 4.51. The average molecular weight is 336 g/mol. The van der Waals surface area contributed by atoms with Gasteiger partial charge in [-0.1, -0.05) is 25.1 Å². The van der Waals surface area contributed by atoms with Gasteiger partial charge in [0.05, 0.1) is 6.04 Å². The van der Waals surface area contributed by atoms with Crippen molar-refractivity contribution in [1.82, 2.24) is 5.32 Å². The summed E-state index contributed by atoms with van der Waals surface area (Å²) in [4.78, 5) is 0. The molecule has 0 spiro atoms. The topological polar surface area (TPSA) is 25.2 Å². The maximum atomic E-state index is 5.74. The van der Waals surface area contributed by atoms with Crippen LogP contribution in [-0.2, 0) is 0 Å². The summed E-state index contributed by atoms with van der Waals surface area (Å²) in [6, 6.07) is 12.6. The predicted molar refractivity (Wildman–Crippen MR) is 83.8 cm³/mol. The molecule has 0 saturated heterocycles. The Morgan fingerprint density at radius 3 is 2.89 bits per heavy atom. The summed E-state index contributed by atoms with van der Waals surface area (Å²) in [6.45, 7) is 3.00. The van der Waals surface area contributed by atoms with Gasteiger partial charge >= 0.3 is 0 Å². The van der Waals surface area contributed by atoms with Crippen molar-refractivity contribution in [1.29, 1.82) is 0 Å². The largest absolute Gasteiger partial charge is 0.452 e. The maximum absolute atomic E-state index is 5.74. The van der Waals surface area contributed by atoms with E-state index in [9.17, 15) is 0 Å². The molecule has 3 aromatic rings. The van der Waals surface area contributed by atoms with Crippen molar-refractivity contribution in [2.24, 2.45) is 0 Å². The number of hydrogen-bond acceptors (Lipinski definition) is 3. The molecule has 3 rings (SSSR count). The fourth-order valence-corrected chi connectivity index (χ4v) is 3.56. The highest BCUT2D eigenvalue weighted by Crippen LogP contribution is 2.33. The van der Waals surface area contributed by atoms with Crippen molar-refractivity contribution in [3.63, 3.8) is 0 Å². The van der Waals surface area contributed by atoms with Gasteiger partial charge in [0.15, 0.2) is 4.67 Å². The summed E-state index contributed by atoms with van der Waals surface area (Å²) in [5.41, 5.74) is 1.27. The number of nitrogens with one attached hydrogen (secondary N) is 1. The van der Waals surface area contributed by atoms with Crippen LogP contribution in [0.2, 0.25) is 0 Å². The Kier molecular flexibility index (Phi) is 3.73. The molecule has 1 unspecified atom stereocenters. The van der Waals surface area contributed by atoms with E-state index in [2.05, 4.69) is 57.8 Å². The van der Waals surface area contributed by atoms with Crippen LogP contribution in [0.4, 0.5) is 0 Å². The Labute approximate surface area is 124 Å². The number of rotatable bonds is 4. The molecule has 2 nitrogen and oxygen atoms in total. The number of thiophene rings is 1. The lowest BCUT2D eigenvalue weighted by Gasteiger charge is -2.16. The van der Waals surface area contributed by atoms with Gasteiger partial charge in [-0.2, -0.15) is 0 Å². The third-order valence-electron chi connectivity index (χ3n) is 3.11. The number of halogens is 1. The molecule has 0 fully saturated rings. The lowest BCUT2D eigenvalue weighted by Crippen LogP contribution is -2.21. The molecule has 1 atom stereocenters. The zero-order valence-electron chi connectivity index (χ0n) is 10.5. The monoisotopic (exact) mass is 335 g/mol. The predicted octanol–water partition coefficient (Wildman–Crippen LogP) is 4.96. The quantitative estimate of drug-likeness (QED) is 0.729. The van der Waals surface area contributed by atoms with Crippen LogP contribution in [0.25, 0.3) is 10.1 Å². The van der Waals surface area contributed by atoms with Crippen LogP contribution in [0.15, 0.2) is 50.9 Å². The smallest absolute Gasteiger partial charge is 0.169 e. The first-order valence-corrected chi connectivity index (χ1v) is 7.91. The van der Waals surface area contributed by atoms with Gasteiger partial charge in [0.1, 0.15) is 5.76 Å². The molecule has 4 heteroatoms. The molecule has 19 heavy (non-hydrogen) atoms. The lowest BCUT2D eigenvalue weighted by atomic mass is 10.0. The first-order chi connectivity index (χ1) is 9.29. The molecule has 2 heterocycles. The van der Waals surface area contributed by atoms with E-state index in [0.717, 1.165) is 17.0 Å². The summed E-state index contributed by atoms with van der Waals surface area (Å²) in [6.07, 6.45) is 0. The van der Waals surface area contributed by atoms with Gasteiger partial charge in [-0.15, -0.1) is 11.3 Å². The fraction of sp³-hybridized carbons (Fsp3) is 0.200. The van der Waals surface area contributed by atoms with E-state index >= 15 is 0 Å². The standard InChI is InChI=1S/C15H14BrNOS/c1-2-17-14(12-6-7-13(16)18-12)11-5-3-4-10-8-9-19-15(10)11/h3-9,14,17H,2H2,1H3. The molecule has 0 amide bonds. The molecule has 0 radical (unpaired) electrons. The highest BCUT2D eigenvalue weighted by Gasteiger charge is 2.19. The Bertz CT molecular complexity index is 688. The Hall–Kier alpha value is -1.10. The molecule has 0 aliphatic heterocycles. The molecular weight excluding hydrogens is 322 g/mol. The normalized spacial score (nSPS) is 12.9. The average Bonchev–Trinajstić information content (AvgIpc) is 3.04. The minimum atomic E-state index is 0.0960. The van der Waals surface area contributed by atoms with E-state index in [1.54, 1.807) is 11.3 Å². The van der Waals surface area contributed by atoms with Crippen molar-refractivity contribution in [2.75, 3.05) is 6.54 Å². The van der Waals surface area contributed by atoms with Crippen molar-refractivity contribution >= 4 is 37.4 Å². The van der Waals surface area contributed by atoms with Crippen molar-refractivity contribution in [2.45, 2.75) is 13.0 Å². The van der Waals surface area contributed by atoms with Crippen LogP contribution >= 0.6 is 27.3 Å². The summed E-state index contributed by atoms with van der Waals surface area (Å²) >= 11 is 5.15. The first-order valence-electron chi connectivity index (χ1n) is 6.24. The van der Waals surface area contributed by atoms with E-state index in [0.29, 0.717) is 0 Å². The molecule has 0 saturated carbocycles. The molecule has 1 aromatic carbocycles. The third kappa shape index (κ3) is 2.48. The Morgan fingerprint density at radius 1 is 1.26 bits per heavy atom. The summed E-state index contributed by atoms with van der Waals surface area (Å²) in [5, 5.41) is 6.92. The molecule has 2 aromatic heterocycles. The summed E-state index contributed by atoms with van der Waals surface area (Å²) in [7, 11) is 0. The zero-order chi connectivity index (χ0) is 13.2. The van der Waals surface area contributed by atoms with Crippen LogP contribution in [0.5, 0.6) is 0 Å². The lowest BCUT2D eigenvalue weighted by molar-refractivity contribution is 0.439. The van der Waals surface area contributed by atoms with Gasteiger partial charge < -0.3 is 9.73 Å². The van der Waals surface area contributed by atoms with E-state index in [-0.39, 0.29) is 6.04 Å². The van der Waals surface area contributed by atoms with Gasteiger partial charge in [0.25, 0.3) is 0 Å². The van der Waals surface area contributed by atoms with E-state index in [1.165, 1.54) is 15.6 Å². The highest BCUT2D eigenvalue weighted by atomic mass is 79.9. The van der Waals surface area contributed by atoms with Crippen LogP contribution < -0.4 is 5.32 Å². The fourth-order valence-electron chi connectivity index (χ4n) is 2.29. The van der Waals surface area contributed by atoms with Crippen molar-refractivity contribution in [3.05, 3.63) is 57.8 Å². The Balaban J connectivity index is 2.11. The van der Waals surface area contributed by atoms with Crippen LogP contribution in [0, 0.1) is 0 Å². The molecular formula is C15H14BrNOS. The number of hydrogen-bond donors (Lipinski definition) is 1. The Morgan fingerprint density at radius 2 is 2.16 bits per heavy atom. The van der Waals surface area contributed by atoms with Crippen LogP contribution in [0.3, 0.4) is 0 Å². The van der Waals surface area contributed by atoms with Gasteiger partial charge in [-0.05, 0) is 57.0 Å². The molecule has 1 N–H and O–H groups in total. The van der Waals surface area contributed by atoms with E-state index in [1.807, 2.05) is 12.1 Å². The minimum Gasteiger partial charge on any atom is -0.452 e. The number of fused-ring (bicyclic) bond motifs is 1. The van der Waals surface area contributed by atoms with Gasteiger partial charge in [-0.25, -0.2) is 0 Å². The van der Waals surface area contributed by atoms with Gasteiger partial charge in [0, 0.05) is 4.70 Å². The molecule has 98 valence electrons.